The average molecular weight is 459 g/mol. The smallest absolute Gasteiger partial charge is 0.261 e. The Balaban J connectivity index is 1.37. The monoisotopic (exact) mass is 458 g/mol. The summed E-state index contributed by atoms with van der Waals surface area (Å²) in [7, 11) is 1.77. The Labute approximate surface area is 200 Å². The zero-order valence-electron chi connectivity index (χ0n) is 20.4. The van der Waals surface area contributed by atoms with E-state index in [0.29, 0.717) is 24.1 Å². The Morgan fingerprint density at radius 2 is 1.68 bits per heavy atom. The van der Waals surface area contributed by atoms with Crippen LogP contribution in [0.3, 0.4) is 0 Å². The highest BCUT2D eigenvalue weighted by molar-refractivity contribution is 6.21. The van der Waals surface area contributed by atoms with Gasteiger partial charge in [-0.1, -0.05) is 29.8 Å². The van der Waals surface area contributed by atoms with Crippen LogP contribution in [0.1, 0.15) is 61.6 Å². The summed E-state index contributed by atoms with van der Waals surface area (Å²) in [5, 5.41) is 4.71. The minimum absolute atomic E-state index is 0.0325. The molecule has 2 heterocycles. The van der Waals surface area contributed by atoms with Crippen molar-refractivity contribution in [2.24, 2.45) is 0 Å². The van der Waals surface area contributed by atoms with Gasteiger partial charge in [0.25, 0.3) is 11.8 Å². The first-order chi connectivity index (χ1) is 16.2. The van der Waals surface area contributed by atoms with Gasteiger partial charge in [-0.3, -0.25) is 19.3 Å². The Kier molecular flexibility index (Phi) is 6.37. The number of carbonyl (C=O) groups excluding carboxylic acids is 3. The molecule has 34 heavy (non-hydrogen) atoms. The lowest BCUT2D eigenvalue weighted by Gasteiger charge is -2.19. The fraction of sp³-hybridized carbons (Fsp3) is 0.333. The van der Waals surface area contributed by atoms with Gasteiger partial charge in [0.2, 0.25) is 5.91 Å². The normalized spacial score (nSPS) is 12.9. The first-order valence-electron chi connectivity index (χ1n) is 11.5. The largest absolute Gasteiger partial charge is 0.341 e. The van der Waals surface area contributed by atoms with Crippen LogP contribution in [0.5, 0.6) is 0 Å². The molecule has 3 amide bonds. The minimum atomic E-state index is -0.282. The molecule has 176 valence electrons. The van der Waals surface area contributed by atoms with Crippen LogP contribution in [0.15, 0.2) is 42.5 Å². The van der Waals surface area contributed by atoms with E-state index >= 15 is 0 Å². The van der Waals surface area contributed by atoms with Gasteiger partial charge in [-0.2, -0.15) is 5.10 Å². The number of aromatic nitrogens is 2. The van der Waals surface area contributed by atoms with E-state index in [0.717, 1.165) is 33.8 Å². The van der Waals surface area contributed by atoms with Crippen molar-refractivity contribution in [1.82, 2.24) is 19.6 Å². The first-order valence-corrected chi connectivity index (χ1v) is 11.5. The number of carbonyl (C=O) groups is 3. The molecule has 0 radical (unpaired) electrons. The first kappa shape index (κ1) is 23.4. The molecule has 0 N–H and O–H groups in total. The summed E-state index contributed by atoms with van der Waals surface area (Å²) < 4.78 is 1.93. The van der Waals surface area contributed by atoms with Crippen molar-refractivity contribution in [2.45, 2.75) is 47.1 Å². The van der Waals surface area contributed by atoms with E-state index in [1.54, 1.807) is 24.1 Å². The van der Waals surface area contributed by atoms with E-state index in [2.05, 4.69) is 13.0 Å². The van der Waals surface area contributed by atoms with Crippen LogP contribution in [0.4, 0.5) is 0 Å². The highest BCUT2D eigenvalue weighted by Crippen LogP contribution is 2.25. The molecule has 0 saturated heterocycles. The predicted molar refractivity (Wildman–Crippen MR) is 130 cm³/mol. The van der Waals surface area contributed by atoms with Crippen molar-refractivity contribution in [3.05, 3.63) is 81.7 Å². The Morgan fingerprint density at radius 1 is 0.971 bits per heavy atom. The van der Waals surface area contributed by atoms with Crippen molar-refractivity contribution in [3.63, 3.8) is 0 Å². The number of benzene rings is 2. The molecule has 0 unspecified atom stereocenters. The second-order valence-electron chi connectivity index (χ2n) is 9.01. The molecule has 2 aromatic carbocycles. The minimum Gasteiger partial charge on any atom is -0.341 e. The molecule has 1 aliphatic heterocycles. The average Bonchev–Trinajstić information content (AvgIpc) is 3.21. The Hall–Kier alpha value is -3.74. The molecule has 1 aliphatic rings. The summed E-state index contributed by atoms with van der Waals surface area (Å²) in [6, 6.07) is 13.4. The van der Waals surface area contributed by atoms with Gasteiger partial charge in [0.1, 0.15) is 0 Å². The SMILES string of the molecule is Cc1ccc2c(c1)C(=O)N(CCCC(=O)N(C)Cc1c(C)nn(-c3ccccc3C)c1C)C2=O. The second kappa shape index (κ2) is 9.25. The van der Waals surface area contributed by atoms with Crippen LogP contribution in [0, 0.1) is 27.7 Å². The molecule has 0 atom stereocenters. The van der Waals surface area contributed by atoms with Crippen LogP contribution in [-0.4, -0.2) is 50.9 Å². The Bertz CT molecular complexity index is 1290. The van der Waals surface area contributed by atoms with Gasteiger partial charge >= 0.3 is 0 Å². The molecule has 1 aromatic heterocycles. The zero-order chi connectivity index (χ0) is 24.6. The number of rotatable bonds is 7. The second-order valence-corrected chi connectivity index (χ2v) is 9.01. The van der Waals surface area contributed by atoms with Gasteiger partial charge in [-0.25, -0.2) is 4.68 Å². The number of fused-ring (bicyclic) bond motifs is 1. The number of amides is 3. The third-order valence-electron chi connectivity index (χ3n) is 6.50. The number of nitrogens with zero attached hydrogens (tertiary/aromatic N) is 4. The van der Waals surface area contributed by atoms with E-state index in [-0.39, 0.29) is 30.7 Å². The van der Waals surface area contributed by atoms with Crippen molar-refractivity contribution >= 4 is 17.7 Å². The third kappa shape index (κ3) is 4.25. The van der Waals surface area contributed by atoms with Crippen LogP contribution >= 0.6 is 0 Å². The fourth-order valence-electron chi connectivity index (χ4n) is 4.45. The maximum Gasteiger partial charge on any atom is 0.261 e. The topological polar surface area (TPSA) is 75.5 Å². The molecule has 3 aromatic rings. The van der Waals surface area contributed by atoms with E-state index < -0.39 is 0 Å². The van der Waals surface area contributed by atoms with E-state index in [1.807, 2.05) is 49.7 Å². The molecule has 0 saturated carbocycles. The van der Waals surface area contributed by atoms with Gasteiger partial charge in [-0.05, 0) is 57.9 Å². The number of para-hydroxylation sites is 1. The lowest BCUT2D eigenvalue weighted by molar-refractivity contribution is -0.130. The lowest BCUT2D eigenvalue weighted by Crippen LogP contribution is -2.32. The van der Waals surface area contributed by atoms with Crippen molar-refractivity contribution < 1.29 is 14.4 Å². The number of hydrogen-bond donors (Lipinski definition) is 0. The Morgan fingerprint density at radius 3 is 2.41 bits per heavy atom. The van der Waals surface area contributed by atoms with E-state index in [9.17, 15) is 14.4 Å². The van der Waals surface area contributed by atoms with Crippen LogP contribution in [0.2, 0.25) is 0 Å². The molecular formula is C27H30N4O3. The third-order valence-corrected chi connectivity index (χ3v) is 6.50. The zero-order valence-corrected chi connectivity index (χ0v) is 20.4. The standard InChI is InChI=1S/C27H30N4O3/c1-17-12-13-21-22(15-17)27(34)30(26(21)33)14-8-11-25(32)29(5)16-23-19(3)28-31(20(23)4)24-10-7-6-9-18(24)2/h6-7,9-10,12-13,15H,8,11,14,16H2,1-5H3. The van der Waals surface area contributed by atoms with Gasteiger partial charge in [0.05, 0.1) is 22.5 Å². The summed E-state index contributed by atoms with van der Waals surface area (Å²) in [5.74, 6) is -0.593. The maximum absolute atomic E-state index is 12.8. The van der Waals surface area contributed by atoms with Crippen LogP contribution < -0.4 is 0 Å². The molecule has 0 spiro atoms. The summed E-state index contributed by atoms with van der Waals surface area (Å²) in [4.78, 5) is 41.0. The summed E-state index contributed by atoms with van der Waals surface area (Å²) in [6.07, 6.45) is 0.682. The highest BCUT2D eigenvalue weighted by atomic mass is 16.2. The van der Waals surface area contributed by atoms with Gasteiger partial charge in [0.15, 0.2) is 0 Å². The maximum atomic E-state index is 12.8. The molecule has 7 nitrogen and oxygen atoms in total. The number of aryl methyl sites for hydroxylation is 3. The van der Waals surface area contributed by atoms with Gasteiger partial charge in [0, 0.05) is 37.8 Å². The summed E-state index contributed by atoms with van der Waals surface area (Å²) >= 11 is 0. The van der Waals surface area contributed by atoms with Gasteiger partial charge < -0.3 is 4.90 Å². The van der Waals surface area contributed by atoms with Crippen molar-refractivity contribution in [1.29, 1.82) is 0 Å². The van der Waals surface area contributed by atoms with E-state index in [4.69, 9.17) is 5.10 Å². The quantitative estimate of drug-likeness (QED) is 0.499. The van der Waals surface area contributed by atoms with Crippen LogP contribution in [-0.2, 0) is 11.3 Å². The van der Waals surface area contributed by atoms with Gasteiger partial charge in [-0.15, -0.1) is 0 Å². The van der Waals surface area contributed by atoms with Crippen LogP contribution in [0.25, 0.3) is 5.69 Å². The molecule has 0 aliphatic carbocycles. The number of hydrogen-bond acceptors (Lipinski definition) is 4. The molecule has 0 bridgehead atoms. The predicted octanol–water partition coefficient (Wildman–Crippen LogP) is 4.14. The fourth-order valence-corrected chi connectivity index (χ4v) is 4.45. The molecular weight excluding hydrogens is 428 g/mol. The molecule has 4 rings (SSSR count). The summed E-state index contributed by atoms with van der Waals surface area (Å²) in [5.41, 5.74) is 6.91. The van der Waals surface area contributed by atoms with E-state index in [1.165, 1.54) is 4.90 Å². The number of imide groups is 1. The van der Waals surface area contributed by atoms with Crippen molar-refractivity contribution in [3.8, 4) is 5.69 Å². The highest BCUT2D eigenvalue weighted by Gasteiger charge is 2.35. The molecule has 0 fully saturated rings. The lowest BCUT2D eigenvalue weighted by atomic mass is 10.1. The van der Waals surface area contributed by atoms with Crippen molar-refractivity contribution in [2.75, 3.05) is 13.6 Å². The molecule has 7 heteroatoms. The summed E-state index contributed by atoms with van der Waals surface area (Å²) in [6.45, 7) is 8.60.